The molecular formula is C20H22N2O7. The van der Waals surface area contributed by atoms with Crippen molar-refractivity contribution in [1.29, 1.82) is 0 Å². The Labute approximate surface area is 167 Å². The minimum Gasteiger partial charge on any atom is -0.478 e. The van der Waals surface area contributed by atoms with Crippen LogP contribution in [0.15, 0.2) is 46.8 Å². The molecule has 3 rings (SSSR count). The number of nitro groups is 1. The minimum atomic E-state index is -1.23. The van der Waals surface area contributed by atoms with Gasteiger partial charge in [0.25, 0.3) is 5.69 Å². The van der Waals surface area contributed by atoms with E-state index >= 15 is 0 Å². The number of esters is 1. The SMILES string of the molecule is CC1=C(C(=O)O)C(c2cccc([N+](=O)[O-])c2)C(C(=O)OC2(C)CCCO2)=C(C)N1. The van der Waals surface area contributed by atoms with Crippen LogP contribution in [0.5, 0.6) is 0 Å². The van der Waals surface area contributed by atoms with Gasteiger partial charge >= 0.3 is 11.9 Å². The third kappa shape index (κ3) is 4.00. The Hall–Kier alpha value is -3.20. The van der Waals surface area contributed by atoms with E-state index in [1.54, 1.807) is 26.8 Å². The van der Waals surface area contributed by atoms with Gasteiger partial charge in [0, 0.05) is 36.9 Å². The van der Waals surface area contributed by atoms with E-state index in [0.717, 1.165) is 6.42 Å². The van der Waals surface area contributed by atoms with Crippen LogP contribution in [0.1, 0.15) is 45.1 Å². The molecule has 1 fully saturated rings. The smallest absolute Gasteiger partial charge is 0.339 e. The van der Waals surface area contributed by atoms with Crippen molar-refractivity contribution in [3.05, 3.63) is 62.5 Å². The first kappa shape index (κ1) is 20.5. The monoisotopic (exact) mass is 402 g/mol. The number of nitrogens with zero attached hydrogens (tertiary/aromatic N) is 1. The number of non-ortho nitro benzene ring substituents is 1. The van der Waals surface area contributed by atoms with Crippen LogP contribution in [0.3, 0.4) is 0 Å². The first-order valence-electron chi connectivity index (χ1n) is 9.16. The number of nitrogens with one attached hydrogen (secondary N) is 1. The molecule has 2 unspecified atom stereocenters. The number of dihydropyridines is 1. The zero-order valence-corrected chi connectivity index (χ0v) is 16.4. The van der Waals surface area contributed by atoms with Crippen molar-refractivity contribution in [2.45, 2.75) is 45.3 Å². The summed E-state index contributed by atoms with van der Waals surface area (Å²) < 4.78 is 11.1. The molecule has 0 bridgehead atoms. The van der Waals surface area contributed by atoms with Crippen molar-refractivity contribution in [2.24, 2.45) is 0 Å². The fourth-order valence-electron chi connectivity index (χ4n) is 3.78. The van der Waals surface area contributed by atoms with Crippen LogP contribution in [-0.4, -0.2) is 34.4 Å². The molecule has 9 nitrogen and oxygen atoms in total. The van der Waals surface area contributed by atoms with Crippen molar-refractivity contribution in [2.75, 3.05) is 6.61 Å². The van der Waals surface area contributed by atoms with Crippen molar-refractivity contribution in [1.82, 2.24) is 5.32 Å². The lowest BCUT2D eigenvalue weighted by Gasteiger charge is -2.32. The van der Waals surface area contributed by atoms with Crippen LogP contribution in [0.4, 0.5) is 5.69 Å². The molecule has 29 heavy (non-hydrogen) atoms. The van der Waals surface area contributed by atoms with Gasteiger partial charge in [-0.1, -0.05) is 12.1 Å². The van der Waals surface area contributed by atoms with Crippen molar-refractivity contribution in [3.8, 4) is 0 Å². The van der Waals surface area contributed by atoms with E-state index in [-0.39, 0.29) is 16.8 Å². The number of aliphatic carboxylic acids is 1. The molecule has 0 aromatic heterocycles. The lowest BCUT2D eigenvalue weighted by Crippen LogP contribution is -2.36. The number of carboxylic acids is 1. The summed E-state index contributed by atoms with van der Waals surface area (Å²) in [6, 6.07) is 5.61. The number of carbonyl (C=O) groups is 2. The Bertz CT molecular complexity index is 942. The molecule has 2 atom stereocenters. The van der Waals surface area contributed by atoms with Crippen LogP contribution < -0.4 is 5.32 Å². The van der Waals surface area contributed by atoms with Crippen LogP contribution >= 0.6 is 0 Å². The lowest BCUT2D eigenvalue weighted by molar-refractivity contribution is -0.384. The summed E-state index contributed by atoms with van der Waals surface area (Å²) in [5.74, 6) is -4.06. The maximum atomic E-state index is 13.1. The Morgan fingerprint density at radius 2 is 2.00 bits per heavy atom. The van der Waals surface area contributed by atoms with Gasteiger partial charge in [0.2, 0.25) is 5.79 Å². The number of carbonyl (C=O) groups excluding carboxylic acids is 1. The summed E-state index contributed by atoms with van der Waals surface area (Å²) in [4.78, 5) is 35.8. The van der Waals surface area contributed by atoms with Gasteiger partial charge < -0.3 is 19.9 Å². The number of allylic oxidation sites excluding steroid dienone is 2. The number of benzene rings is 1. The summed E-state index contributed by atoms with van der Waals surface area (Å²) in [6.07, 6.45) is 1.27. The zero-order valence-electron chi connectivity index (χ0n) is 16.4. The summed E-state index contributed by atoms with van der Waals surface area (Å²) in [5, 5.41) is 23.9. The van der Waals surface area contributed by atoms with Crippen molar-refractivity contribution < 1.29 is 29.1 Å². The van der Waals surface area contributed by atoms with Gasteiger partial charge in [-0.25, -0.2) is 9.59 Å². The normalized spacial score (nSPS) is 24.3. The predicted octanol–water partition coefficient (Wildman–Crippen LogP) is 2.98. The van der Waals surface area contributed by atoms with E-state index in [2.05, 4.69) is 5.32 Å². The number of rotatable bonds is 5. The summed E-state index contributed by atoms with van der Waals surface area (Å²) in [6.45, 7) is 5.35. The van der Waals surface area contributed by atoms with E-state index in [9.17, 15) is 24.8 Å². The molecule has 9 heteroatoms. The van der Waals surface area contributed by atoms with Gasteiger partial charge in [-0.05, 0) is 25.8 Å². The van der Waals surface area contributed by atoms with E-state index in [4.69, 9.17) is 9.47 Å². The largest absolute Gasteiger partial charge is 0.478 e. The zero-order chi connectivity index (χ0) is 21.3. The molecular weight excluding hydrogens is 380 g/mol. The summed E-state index contributed by atoms with van der Waals surface area (Å²) in [5.41, 5.74) is 0.925. The highest BCUT2D eigenvalue weighted by Crippen LogP contribution is 2.40. The minimum absolute atomic E-state index is 0.0689. The third-order valence-electron chi connectivity index (χ3n) is 5.12. The molecule has 2 aliphatic rings. The van der Waals surface area contributed by atoms with E-state index in [1.165, 1.54) is 18.2 Å². The second kappa shape index (κ2) is 7.67. The maximum Gasteiger partial charge on any atom is 0.339 e. The molecule has 1 aromatic carbocycles. The Kier molecular flexibility index (Phi) is 5.43. The Morgan fingerprint density at radius 1 is 1.31 bits per heavy atom. The molecule has 0 amide bonds. The van der Waals surface area contributed by atoms with Gasteiger partial charge in [-0.15, -0.1) is 0 Å². The van der Waals surface area contributed by atoms with Gasteiger partial charge in [-0.3, -0.25) is 10.1 Å². The number of nitro benzene ring substituents is 1. The molecule has 0 spiro atoms. The average molecular weight is 402 g/mol. The van der Waals surface area contributed by atoms with Crippen LogP contribution in [0.25, 0.3) is 0 Å². The molecule has 0 aliphatic carbocycles. The number of carboxylic acid groups (broad SMARTS) is 1. The summed E-state index contributed by atoms with van der Waals surface area (Å²) in [7, 11) is 0. The van der Waals surface area contributed by atoms with Crippen LogP contribution in [0.2, 0.25) is 0 Å². The standard InChI is InChI=1S/C20H22N2O7/c1-11-15(18(23)24)17(13-6-4-7-14(10-13)22(26)27)16(12(2)21-11)19(25)29-20(3)8-5-9-28-20/h4,6-7,10,17,21H,5,8-9H2,1-3H3,(H,23,24). The predicted molar refractivity (Wildman–Crippen MR) is 102 cm³/mol. The highest BCUT2D eigenvalue weighted by molar-refractivity contribution is 5.99. The van der Waals surface area contributed by atoms with Gasteiger partial charge in [0.05, 0.1) is 28.6 Å². The maximum absolute atomic E-state index is 13.1. The Morgan fingerprint density at radius 3 is 2.59 bits per heavy atom. The third-order valence-corrected chi connectivity index (χ3v) is 5.12. The van der Waals surface area contributed by atoms with E-state index in [0.29, 0.717) is 30.0 Å². The molecule has 2 heterocycles. The van der Waals surface area contributed by atoms with Crippen molar-refractivity contribution >= 4 is 17.6 Å². The highest BCUT2D eigenvalue weighted by atomic mass is 16.7. The fourth-order valence-corrected chi connectivity index (χ4v) is 3.78. The Balaban J connectivity index is 2.10. The number of ether oxygens (including phenoxy) is 2. The summed E-state index contributed by atoms with van der Waals surface area (Å²) >= 11 is 0. The average Bonchev–Trinajstić information content (AvgIpc) is 3.06. The molecule has 154 valence electrons. The fraction of sp³-hybridized carbons (Fsp3) is 0.400. The first-order valence-corrected chi connectivity index (χ1v) is 9.16. The van der Waals surface area contributed by atoms with Crippen LogP contribution in [0, 0.1) is 10.1 Å². The van der Waals surface area contributed by atoms with Gasteiger partial charge in [0.1, 0.15) is 0 Å². The molecule has 2 aliphatic heterocycles. The van der Waals surface area contributed by atoms with Crippen LogP contribution in [-0.2, 0) is 19.1 Å². The molecule has 1 saturated heterocycles. The van der Waals surface area contributed by atoms with Gasteiger partial charge in [0.15, 0.2) is 0 Å². The highest BCUT2D eigenvalue weighted by Gasteiger charge is 2.41. The van der Waals surface area contributed by atoms with E-state index in [1.807, 2.05) is 0 Å². The lowest BCUT2D eigenvalue weighted by atomic mass is 9.80. The molecule has 0 saturated carbocycles. The topological polar surface area (TPSA) is 128 Å². The number of hydrogen-bond acceptors (Lipinski definition) is 7. The van der Waals surface area contributed by atoms with Gasteiger partial charge in [-0.2, -0.15) is 0 Å². The molecule has 2 N–H and O–H groups in total. The second-order valence-corrected chi connectivity index (χ2v) is 7.27. The first-order chi connectivity index (χ1) is 13.6. The van der Waals surface area contributed by atoms with E-state index < -0.39 is 28.6 Å². The molecule has 0 radical (unpaired) electrons. The van der Waals surface area contributed by atoms with Crippen molar-refractivity contribution in [3.63, 3.8) is 0 Å². The quantitative estimate of drug-likeness (QED) is 0.437. The number of hydrogen-bond donors (Lipinski definition) is 2. The molecule has 1 aromatic rings. The second-order valence-electron chi connectivity index (χ2n) is 7.27.